The van der Waals surface area contributed by atoms with Crippen molar-refractivity contribution < 1.29 is 19.4 Å². The SMILES string of the molecule is Cn1cncc1CN(CCO)C(=O)Cc1cc2c(cc1Cl)OCCO2. The van der Waals surface area contributed by atoms with E-state index in [0.717, 1.165) is 5.69 Å². The molecule has 0 bridgehead atoms. The molecular formula is C17H20ClN3O4. The molecule has 1 aromatic carbocycles. The molecule has 1 aliphatic rings. The number of rotatable bonds is 6. The molecule has 0 radical (unpaired) electrons. The third kappa shape index (κ3) is 4.05. The van der Waals surface area contributed by atoms with Gasteiger partial charge < -0.3 is 24.0 Å². The van der Waals surface area contributed by atoms with Crippen molar-refractivity contribution in [2.75, 3.05) is 26.4 Å². The molecule has 1 aliphatic heterocycles. The number of halogens is 1. The summed E-state index contributed by atoms with van der Waals surface area (Å²) in [6, 6.07) is 3.42. The molecule has 8 heteroatoms. The minimum atomic E-state index is -0.131. The summed E-state index contributed by atoms with van der Waals surface area (Å²) in [6.07, 6.45) is 3.50. The standard InChI is InChI=1S/C17H20ClN3O4/c1-20-11-19-9-13(20)10-21(2-3-22)17(23)7-12-6-15-16(8-14(12)18)25-5-4-24-15/h6,8-9,11,22H,2-5,7,10H2,1H3. The van der Waals surface area contributed by atoms with Gasteiger partial charge in [-0.05, 0) is 11.6 Å². The van der Waals surface area contributed by atoms with Crippen molar-refractivity contribution in [3.05, 3.63) is 40.9 Å². The summed E-state index contributed by atoms with van der Waals surface area (Å²) in [4.78, 5) is 18.4. The van der Waals surface area contributed by atoms with E-state index in [1.165, 1.54) is 0 Å². The maximum atomic E-state index is 12.7. The van der Waals surface area contributed by atoms with Crippen LogP contribution in [0.2, 0.25) is 5.02 Å². The number of carbonyl (C=O) groups excluding carboxylic acids is 1. The molecule has 0 unspecified atom stereocenters. The van der Waals surface area contributed by atoms with Gasteiger partial charge in [0, 0.05) is 30.9 Å². The second-order valence-corrected chi connectivity index (χ2v) is 6.21. The fourth-order valence-corrected chi connectivity index (χ4v) is 2.88. The van der Waals surface area contributed by atoms with Gasteiger partial charge in [0.25, 0.3) is 0 Å². The first-order valence-corrected chi connectivity index (χ1v) is 8.38. The molecule has 7 nitrogen and oxygen atoms in total. The predicted molar refractivity (Wildman–Crippen MR) is 91.9 cm³/mol. The number of aliphatic hydroxyl groups is 1. The van der Waals surface area contributed by atoms with Crippen molar-refractivity contribution in [2.24, 2.45) is 7.05 Å². The molecule has 1 amide bonds. The molecule has 2 aromatic rings. The van der Waals surface area contributed by atoms with Crippen molar-refractivity contribution in [3.63, 3.8) is 0 Å². The fraction of sp³-hybridized carbons (Fsp3) is 0.412. The molecule has 2 heterocycles. The molecule has 0 atom stereocenters. The molecular weight excluding hydrogens is 346 g/mol. The Balaban J connectivity index is 1.75. The summed E-state index contributed by atoms with van der Waals surface area (Å²) in [5.41, 5.74) is 1.55. The molecule has 0 saturated carbocycles. The highest BCUT2D eigenvalue weighted by Crippen LogP contribution is 2.35. The van der Waals surface area contributed by atoms with Gasteiger partial charge in [-0.25, -0.2) is 4.98 Å². The number of benzene rings is 1. The first kappa shape index (κ1) is 17.6. The molecule has 25 heavy (non-hydrogen) atoms. The van der Waals surface area contributed by atoms with Gasteiger partial charge in [0.15, 0.2) is 11.5 Å². The minimum absolute atomic E-state index is 0.113. The van der Waals surface area contributed by atoms with Crippen LogP contribution < -0.4 is 9.47 Å². The second kappa shape index (κ2) is 7.76. The summed E-state index contributed by atoms with van der Waals surface area (Å²) < 4.78 is 12.9. The maximum absolute atomic E-state index is 12.7. The number of nitrogens with zero attached hydrogens (tertiary/aromatic N) is 3. The lowest BCUT2D eigenvalue weighted by molar-refractivity contribution is -0.131. The Morgan fingerprint density at radius 3 is 2.72 bits per heavy atom. The highest BCUT2D eigenvalue weighted by molar-refractivity contribution is 6.31. The summed E-state index contributed by atoms with van der Waals surface area (Å²) >= 11 is 6.29. The Labute approximate surface area is 150 Å². The number of carbonyl (C=O) groups is 1. The minimum Gasteiger partial charge on any atom is -0.486 e. The van der Waals surface area contributed by atoms with Gasteiger partial charge in [-0.3, -0.25) is 4.79 Å². The van der Waals surface area contributed by atoms with Gasteiger partial charge in [0.1, 0.15) is 13.2 Å². The summed E-state index contributed by atoms with van der Waals surface area (Å²) in [5, 5.41) is 9.74. The van der Waals surface area contributed by atoms with Crippen LogP contribution in [0.15, 0.2) is 24.7 Å². The molecule has 0 fully saturated rings. The number of imidazole rings is 1. The highest BCUT2D eigenvalue weighted by Gasteiger charge is 2.20. The fourth-order valence-electron chi connectivity index (χ4n) is 2.66. The normalized spacial score (nSPS) is 12.9. The average Bonchev–Trinajstić information content (AvgIpc) is 3.00. The first-order chi connectivity index (χ1) is 12.1. The quantitative estimate of drug-likeness (QED) is 0.837. The van der Waals surface area contributed by atoms with E-state index in [1.54, 1.807) is 29.6 Å². The van der Waals surface area contributed by atoms with Gasteiger partial charge in [-0.1, -0.05) is 11.6 Å². The van der Waals surface area contributed by atoms with Crippen LogP contribution in [0.4, 0.5) is 0 Å². The lowest BCUT2D eigenvalue weighted by Gasteiger charge is -2.23. The van der Waals surface area contributed by atoms with E-state index in [1.807, 2.05) is 11.6 Å². The number of aryl methyl sites for hydroxylation is 1. The van der Waals surface area contributed by atoms with E-state index in [4.69, 9.17) is 21.1 Å². The second-order valence-electron chi connectivity index (χ2n) is 5.80. The number of fused-ring (bicyclic) bond motifs is 1. The lowest BCUT2D eigenvalue weighted by atomic mass is 10.1. The number of hydrogen-bond acceptors (Lipinski definition) is 5. The monoisotopic (exact) mass is 365 g/mol. The zero-order valence-corrected chi connectivity index (χ0v) is 14.7. The Morgan fingerprint density at radius 1 is 1.36 bits per heavy atom. The molecule has 0 saturated heterocycles. The molecule has 0 spiro atoms. The van der Waals surface area contributed by atoms with E-state index in [0.29, 0.717) is 41.8 Å². The number of ether oxygens (including phenoxy) is 2. The number of aliphatic hydroxyl groups excluding tert-OH is 1. The van der Waals surface area contributed by atoms with Gasteiger partial charge >= 0.3 is 0 Å². The number of hydrogen-bond donors (Lipinski definition) is 1. The van der Waals surface area contributed by atoms with Gasteiger partial charge in [0.05, 0.1) is 31.6 Å². The zero-order valence-electron chi connectivity index (χ0n) is 13.9. The summed E-state index contributed by atoms with van der Waals surface area (Å²) in [6.45, 7) is 1.46. The lowest BCUT2D eigenvalue weighted by Crippen LogP contribution is -2.34. The molecule has 1 N–H and O–H groups in total. The van der Waals surface area contributed by atoms with Crippen molar-refractivity contribution in [1.82, 2.24) is 14.5 Å². The third-order valence-corrected chi connectivity index (χ3v) is 4.40. The van der Waals surface area contributed by atoms with E-state index in [9.17, 15) is 9.90 Å². The van der Waals surface area contributed by atoms with Crippen LogP contribution in [0.5, 0.6) is 11.5 Å². The third-order valence-electron chi connectivity index (χ3n) is 4.04. The Morgan fingerprint density at radius 2 is 2.08 bits per heavy atom. The summed E-state index contributed by atoms with van der Waals surface area (Å²) in [7, 11) is 1.86. The van der Waals surface area contributed by atoms with E-state index in [-0.39, 0.29) is 25.5 Å². The van der Waals surface area contributed by atoms with Crippen molar-refractivity contribution in [3.8, 4) is 11.5 Å². The van der Waals surface area contributed by atoms with Gasteiger partial charge in [0.2, 0.25) is 5.91 Å². The predicted octanol–water partition coefficient (Wildman–Crippen LogP) is 1.41. The van der Waals surface area contributed by atoms with Gasteiger partial charge in [-0.15, -0.1) is 0 Å². The van der Waals surface area contributed by atoms with Crippen molar-refractivity contribution >= 4 is 17.5 Å². The van der Waals surface area contributed by atoms with Crippen LogP contribution in [-0.2, 0) is 24.8 Å². The maximum Gasteiger partial charge on any atom is 0.227 e. The number of amides is 1. The Hall–Kier alpha value is -2.25. The van der Waals surface area contributed by atoms with Crippen molar-refractivity contribution in [1.29, 1.82) is 0 Å². The van der Waals surface area contributed by atoms with E-state index >= 15 is 0 Å². The number of aromatic nitrogens is 2. The first-order valence-electron chi connectivity index (χ1n) is 8.00. The Bertz CT molecular complexity index is 762. The van der Waals surface area contributed by atoms with Crippen molar-refractivity contribution in [2.45, 2.75) is 13.0 Å². The highest BCUT2D eigenvalue weighted by atomic mass is 35.5. The molecule has 0 aliphatic carbocycles. The zero-order chi connectivity index (χ0) is 17.8. The smallest absolute Gasteiger partial charge is 0.227 e. The van der Waals surface area contributed by atoms with E-state index in [2.05, 4.69) is 4.98 Å². The molecule has 3 rings (SSSR count). The van der Waals surface area contributed by atoms with Crippen LogP contribution in [0.1, 0.15) is 11.3 Å². The molecule has 134 valence electrons. The van der Waals surface area contributed by atoms with Crippen LogP contribution in [0.25, 0.3) is 0 Å². The molecule has 1 aromatic heterocycles. The summed E-state index contributed by atoms with van der Waals surface area (Å²) in [5.74, 6) is 1.06. The van der Waals surface area contributed by atoms with Crippen LogP contribution >= 0.6 is 11.6 Å². The van der Waals surface area contributed by atoms with Crippen LogP contribution in [-0.4, -0.2) is 51.8 Å². The largest absolute Gasteiger partial charge is 0.486 e. The topological polar surface area (TPSA) is 76.8 Å². The Kier molecular flexibility index (Phi) is 5.45. The van der Waals surface area contributed by atoms with E-state index < -0.39 is 0 Å². The average molecular weight is 366 g/mol. The van der Waals surface area contributed by atoms with Crippen LogP contribution in [0, 0.1) is 0 Å². The van der Waals surface area contributed by atoms with Crippen LogP contribution in [0.3, 0.4) is 0 Å². The van der Waals surface area contributed by atoms with Gasteiger partial charge in [-0.2, -0.15) is 0 Å².